The van der Waals surface area contributed by atoms with Gasteiger partial charge in [0.25, 0.3) is 5.69 Å². The lowest BCUT2D eigenvalue weighted by atomic mass is 9.86. The number of carbonyl (C=O) groups excluding carboxylic acids is 1. The van der Waals surface area contributed by atoms with Crippen molar-refractivity contribution in [2.45, 2.75) is 19.0 Å². The predicted molar refractivity (Wildman–Crippen MR) is 77.1 cm³/mol. The van der Waals surface area contributed by atoms with Crippen molar-refractivity contribution in [3.05, 3.63) is 75.3 Å². The first-order chi connectivity index (χ1) is 10.7. The first-order valence-corrected chi connectivity index (χ1v) is 6.62. The molecule has 2 rings (SSSR count). The molecule has 0 unspecified atom stereocenters. The van der Waals surface area contributed by atoms with Crippen molar-refractivity contribution >= 4 is 11.5 Å². The topological polar surface area (TPSA) is 60.2 Å². The minimum atomic E-state index is -4.69. The molecule has 2 aromatic carbocycles. The highest BCUT2D eigenvalue weighted by atomic mass is 19.4. The summed E-state index contributed by atoms with van der Waals surface area (Å²) >= 11 is 0. The van der Waals surface area contributed by atoms with Gasteiger partial charge in [-0.2, -0.15) is 13.2 Å². The average molecular weight is 323 g/mol. The quantitative estimate of drug-likeness (QED) is 0.621. The van der Waals surface area contributed by atoms with Crippen LogP contribution in [0.1, 0.15) is 29.5 Å². The highest BCUT2D eigenvalue weighted by Crippen LogP contribution is 2.37. The number of nitro benzene ring substituents is 1. The number of benzene rings is 2. The van der Waals surface area contributed by atoms with E-state index < -0.39 is 28.3 Å². The lowest BCUT2D eigenvalue weighted by molar-refractivity contribution is -0.385. The molecule has 0 N–H and O–H groups in total. The van der Waals surface area contributed by atoms with E-state index in [1.807, 2.05) is 0 Å². The van der Waals surface area contributed by atoms with Gasteiger partial charge in [0.15, 0.2) is 0 Å². The van der Waals surface area contributed by atoms with Crippen LogP contribution in [0.25, 0.3) is 0 Å². The zero-order chi connectivity index (χ0) is 17.2. The molecule has 0 aliphatic rings. The van der Waals surface area contributed by atoms with E-state index in [1.165, 1.54) is 6.92 Å². The van der Waals surface area contributed by atoms with Gasteiger partial charge in [-0.15, -0.1) is 0 Å². The molecule has 23 heavy (non-hydrogen) atoms. The first-order valence-electron chi connectivity index (χ1n) is 6.62. The highest BCUT2D eigenvalue weighted by molar-refractivity contribution is 5.88. The molecule has 0 heterocycles. The van der Waals surface area contributed by atoms with Crippen LogP contribution >= 0.6 is 0 Å². The maximum absolute atomic E-state index is 12.8. The molecule has 120 valence electrons. The fourth-order valence-corrected chi connectivity index (χ4v) is 2.40. The van der Waals surface area contributed by atoms with Crippen molar-refractivity contribution in [1.29, 1.82) is 0 Å². The van der Waals surface area contributed by atoms with Crippen LogP contribution in [-0.2, 0) is 11.0 Å². The maximum Gasteiger partial charge on any atom is 0.416 e. The van der Waals surface area contributed by atoms with Gasteiger partial charge in [-0.1, -0.05) is 36.4 Å². The fraction of sp³-hybridized carbons (Fsp3) is 0.188. The second-order valence-corrected chi connectivity index (χ2v) is 4.98. The summed E-state index contributed by atoms with van der Waals surface area (Å²) in [5, 5.41) is 11.2. The summed E-state index contributed by atoms with van der Waals surface area (Å²) in [5.74, 6) is -1.38. The molecule has 4 nitrogen and oxygen atoms in total. The Morgan fingerprint density at radius 3 is 2.22 bits per heavy atom. The lowest BCUT2D eigenvalue weighted by Gasteiger charge is -2.16. The minimum Gasteiger partial charge on any atom is -0.299 e. The number of ketones is 1. The van der Waals surface area contributed by atoms with Gasteiger partial charge in [0.1, 0.15) is 5.78 Å². The predicted octanol–water partition coefficient (Wildman–Crippen LogP) is 4.33. The summed E-state index contributed by atoms with van der Waals surface area (Å²) in [6.45, 7) is 1.25. The van der Waals surface area contributed by atoms with Crippen LogP contribution in [0, 0.1) is 10.1 Å². The standard InChI is InChI=1S/C16H12F3NO3/c1-10(21)15(11-5-3-2-4-6-11)13-8-7-12(16(17,18)19)9-14(13)20(22)23/h2-9,15H,1H3/t15-/m1/s1. The molecule has 0 fully saturated rings. The third-order valence-electron chi connectivity index (χ3n) is 3.40. The summed E-state index contributed by atoms with van der Waals surface area (Å²) in [7, 11) is 0. The molecule has 0 aromatic heterocycles. The Bertz CT molecular complexity index is 742. The minimum absolute atomic E-state index is 0.0540. The van der Waals surface area contributed by atoms with Gasteiger partial charge in [0, 0.05) is 11.6 Å². The second kappa shape index (κ2) is 6.20. The van der Waals surface area contributed by atoms with Crippen molar-refractivity contribution in [2.75, 3.05) is 0 Å². The largest absolute Gasteiger partial charge is 0.416 e. The van der Waals surface area contributed by atoms with Gasteiger partial charge in [-0.25, -0.2) is 0 Å². The first kappa shape index (κ1) is 16.7. The number of carbonyl (C=O) groups is 1. The molecular formula is C16H12F3NO3. The lowest BCUT2D eigenvalue weighted by Crippen LogP contribution is -2.14. The van der Waals surface area contributed by atoms with Crippen LogP contribution in [0.5, 0.6) is 0 Å². The normalized spacial score (nSPS) is 12.7. The Balaban J connectivity index is 2.65. The molecular weight excluding hydrogens is 311 g/mol. The molecule has 2 aromatic rings. The van der Waals surface area contributed by atoms with Gasteiger partial charge in [-0.3, -0.25) is 14.9 Å². The Hall–Kier alpha value is -2.70. The summed E-state index contributed by atoms with van der Waals surface area (Å²) in [6.07, 6.45) is -4.69. The van der Waals surface area contributed by atoms with Gasteiger partial charge in [0.05, 0.1) is 16.4 Å². The van der Waals surface area contributed by atoms with Crippen molar-refractivity contribution in [3.8, 4) is 0 Å². The molecule has 0 amide bonds. The number of nitro groups is 1. The van der Waals surface area contributed by atoms with Crippen molar-refractivity contribution < 1.29 is 22.9 Å². The number of Topliss-reactive ketones (excluding diaryl/α,β-unsaturated/α-hetero) is 1. The van der Waals surface area contributed by atoms with Crippen LogP contribution in [0.4, 0.5) is 18.9 Å². The third-order valence-corrected chi connectivity index (χ3v) is 3.40. The van der Waals surface area contributed by atoms with Crippen LogP contribution in [0.3, 0.4) is 0 Å². The molecule has 0 saturated carbocycles. The molecule has 7 heteroatoms. The van der Waals surface area contributed by atoms with Gasteiger partial charge in [-0.05, 0) is 18.6 Å². The van der Waals surface area contributed by atoms with Crippen molar-refractivity contribution in [3.63, 3.8) is 0 Å². The van der Waals surface area contributed by atoms with Crippen LogP contribution in [-0.4, -0.2) is 10.7 Å². The number of hydrogen-bond donors (Lipinski definition) is 0. The van der Waals surface area contributed by atoms with E-state index in [2.05, 4.69) is 0 Å². The van der Waals surface area contributed by atoms with Crippen molar-refractivity contribution in [1.82, 2.24) is 0 Å². The monoisotopic (exact) mass is 323 g/mol. The Morgan fingerprint density at radius 1 is 1.13 bits per heavy atom. The van der Waals surface area contributed by atoms with Gasteiger partial charge < -0.3 is 0 Å². The van der Waals surface area contributed by atoms with Crippen LogP contribution in [0.2, 0.25) is 0 Å². The molecule has 1 atom stereocenters. The zero-order valence-corrected chi connectivity index (χ0v) is 12.0. The zero-order valence-electron chi connectivity index (χ0n) is 12.0. The van der Waals surface area contributed by atoms with E-state index in [4.69, 9.17) is 0 Å². The van der Waals surface area contributed by atoms with E-state index in [-0.39, 0.29) is 11.3 Å². The maximum atomic E-state index is 12.8. The molecule has 0 aliphatic heterocycles. The fourth-order valence-electron chi connectivity index (χ4n) is 2.40. The van der Waals surface area contributed by atoms with Crippen LogP contribution < -0.4 is 0 Å². The third kappa shape index (κ3) is 3.56. The Labute approximate surface area is 129 Å². The number of alkyl halides is 3. The van der Waals surface area contributed by atoms with E-state index in [1.54, 1.807) is 30.3 Å². The Kier molecular flexibility index (Phi) is 4.49. The van der Waals surface area contributed by atoms with E-state index in [0.29, 0.717) is 11.6 Å². The number of rotatable bonds is 4. The summed E-state index contributed by atoms with van der Waals surface area (Å²) < 4.78 is 38.3. The molecule has 0 saturated heterocycles. The number of halogens is 3. The smallest absolute Gasteiger partial charge is 0.299 e. The van der Waals surface area contributed by atoms with E-state index >= 15 is 0 Å². The molecule has 0 aliphatic carbocycles. The second-order valence-electron chi connectivity index (χ2n) is 4.98. The molecule has 0 spiro atoms. The summed E-state index contributed by atoms with van der Waals surface area (Å²) in [6, 6.07) is 10.4. The SMILES string of the molecule is CC(=O)[C@H](c1ccccc1)c1ccc(C(F)(F)F)cc1[N+](=O)[O-]. The average Bonchev–Trinajstić information content (AvgIpc) is 2.47. The number of hydrogen-bond acceptors (Lipinski definition) is 3. The van der Waals surface area contributed by atoms with Gasteiger partial charge >= 0.3 is 6.18 Å². The molecule has 0 bridgehead atoms. The number of nitrogens with zero attached hydrogens (tertiary/aromatic N) is 1. The Morgan fingerprint density at radius 2 is 1.74 bits per heavy atom. The summed E-state index contributed by atoms with van der Waals surface area (Å²) in [5.41, 5.74) is -1.41. The van der Waals surface area contributed by atoms with Crippen molar-refractivity contribution in [2.24, 2.45) is 0 Å². The van der Waals surface area contributed by atoms with Crippen LogP contribution in [0.15, 0.2) is 48.5 Å². The summed E-state index contributed by atoms with van der Waals surface area (Å²) in [4.78, 5) is 22.2. The van der Waals surface area contributed by atoms with E-state index in [9.17, 15) is 28.1 Å². The van der Waals surface area contributed by atoms with E-state index in [0.717, 1.165) is 12.1 Å². The molecule has 0 radical (unpaired) electrons. The van der Waals surface area contributed by atoms with Gasteiger partial charge in [0.2, 0.25) is 0 Å². The highest BCUT2D eigenvalue weighted by Gasteiger charge is 2.35.